The number of phenols is 1. The first-order valence-electron chi connectivity index (χ1n) is 4.71. The van der Waals surface area contributed by atoms with Crippen LogP contribution in [0.1, 0.15) is 24.8 Å². The van der Waals surface area contributed by atoms with Crippen molar-refractivity contribution in [1.82, 2.24) is 0 Å². The zero-order chi connectivity index (χ0) is 12.3. The van der Waals surface area contributed by atoms with Crippen molar-refractivity contribution < 1.29 is 19.0 Å². The third-order valence-electron chi connectivity index (χ3n) is 2.36. The van der Waals surface area contributed by atoms with Crippen LogP contribution in [0.15, 0.2) is 6.07 Å². The summed E-state index contributed by atoms with van der Waals surface area (Å²) in [5, 5.41) is 9.68. The fraction of sp³-hybridized carbons (Fsp3) is 0.364. The molecule has 0 radical (unpaired) electrons. The van der Waals surface area contributed by atoms with Gasteiger partial charge in [0, 0.05) is 12.0 Å². The summed E-state index contributed by atoms with van der Waals surface area (Å²) < 4.78 is 18.3. The van der Waals surface area contributed by atoms with E-state index in [0.717, 1.165) is 0 Å². The van der Waals surface area contributed by atoms with Crippen LogP contribution < -0.4 is 4.74 Å². The molecule has 0 bridgehead atoms. The molecule has 0 aromatic heterocycles. The van der Waals surface area contributed by atoms with Crippen molar-refractivity contribution in [3.05, 3.63) is 22.5 Å². The van der Waals surface area contributed by atoms with E-state index in [9.17, 15) is 14.3 Å². The third-order valence-corrected chi connectivity index (χ3v) is 2.65. The Bertz CT molecular complexity index is 407. The van der Waals surface area contributed by atoms with Crippen LogP contribution in [0.2, 0.25) is 5.02 Å². The van der Waals surface area contributed by atoms with Gasteiger partial charge in [-0.15, -0.1) is 0 Å². The highest BCUT2D eigenvalue weighted by molar-refractivity contribution is 6.32. The van der Waals surface area contributed by atoms with Crippen molar-refractivity contribution in [3.63, 3.8) is 0 Å². The Morgan fingerprint density at radius 2 is 2.31 bits per heavy atom. The van der Waals surface area contributed by atoms with E-state index in [0.29, 0.717) is 11.8 Å². The number of aromatic hydroxyl groups is 1. The number of carbonyl (C=O) groups excluding carboxylic acids is 1. The quantitative estimate of drug-likeness (QED) is 0.831. The van der Waals surface area contributed by atoms with E-state index in [2.05, 4.69) is 0 Å². The number of rotatable bonds is 4. The van der Waals surface area contributed by atoms with Gasteiger partial charge < -0.3 is 14.6 Å². The van der Waals surface area contributed by atoms with Gasteiger partial charge in [-0.05, 0) is 12.0 Å². The Labute approximate surface area is 97.8 Å². The van der Waals surface area contributed by atoms with Gasteiger partial charge in [-0.25, -0.2) is 0 Å². The molecule has 0 aliphatic rings. The van der Waals surface area contributed by atoms with Crippen molar-refractivity contribution in [1.29, 1.82) is 0 Å². The Morgan fingerprint density at radius 1 is 1.69 bits per heavy atom. The molecule has 0 saturated heterocycles. The lowest BCUT2D eigenvalue weighted by atomic mass is 9.97. The normalized spacial score (nSPS) is 12.2. The number of phenolic OH excluding ortho intramolecular Hbond substituents is 1. The molecule has 88 valence electrons. The summed E-state index contributed by atoms with van der Waals surface area (Å²) in [5.41, 5.74) is 0.301. The average Bonchev–Trinajstić information content (AvgIpc) is 2.24. The SMILES string of the molecule is COc1c(Cl)cc(C(C)CC=O)c(O)c1F. The second-order valence-electron chi connectivity index (χ2n) is 3.45. The van der Waals surface area contributed by atoms with Gasteiger partial charge in [-0.3, -0.25) is 0 Å². The highest BCUT2D eigenvalue weighted by Gasteiger charge is 2.20. The zero-order valence-corrected chi connectivity index (χ0v) is 9.71. The van der Waals surface area contributed by atoms with Crippen LogP contribution in [0.4, 0.5) is 4.39 Å². The van der Waals surface area contributed by atoms with Crippen LogP contribution in [0.3, 0.4) is 0 Å². The fourth-order valence-corrected chi connectivity index (χ4v) is 1.72. The molecule has 1 aromatic carbocycles. The van der Waals surface area contributed by atoms with E-state index >= 15 is 0 Å². The molecule has 1 atom stereocenters. The first-order chi connectivity index (χ1) is 7.52. The van der Waals surface area contributed by atoms with E-state index in [1.54, 1.807) is 6.92 Å². The van der Waals surface area contributed by atoms with Crippen LogP contribution in [-0.2, 0) is 4.79 Å². The number of hydrogen-bond donors (Lipinski definition) is 1. The topological polar surface area (TPSA) is 46.5 Å². The van der Waals surface area contributed by atoms with Gasteiger partial charge in [-0.2, -0.15) is 4.39 Å². The molecule has 1 N–H and O–H groups in total. The predicted molar refractivity (Wildman–Crippen MR) is 58.7 cm³/mol. The minimum atomic E-state index is -0.900. The molecule has 0 fully saturated rings. The van der Waals surface area contributed by atoms with Gasteiger partial charge in [-0.1, -0.05) is 18.5 Å². The maximum Gasteiger partial charge on any atom is 0.208 e. The molecular formula is C11H12ClFO3. The van der Waals surface area contributed by atoms with E-state index in [-0.39, 0.29) is 23.1 Å². The maximum absolute atomic E-state index is 13.6. The Balaban J connectivity index is 3.27. The van der Waals surface area contributed by atoms with Gasteiger partial charge in [0.2, 0.25) is 5.82 Å². The van der Waals surface area contributed by atoms with Crippen LogP contribution >= 0.6 is 11.6 Å². The zero-order valence-electron chi connectivity index (χ0n) is 8.96. The monoisotopic (exact) mass is 246 g/mol. The van der Waals surface area contributed by atoms with E-state index in [4.69, 9.17) is 16.3 Å². The Morgan fingerprint density at radius 3 is 2.81 bits per heavy atom. The number of carbonyl (C=O) groups is 1. The molecule has 5 heteroatoms. The summed E-state index contributed by atoms with van der Waals surface area (Å²) in [7, 11) is 1.26. The highest BCUT2D eigenvalue weighted by Crippen LogP contribution is 2.39. The molecule has 0 amide bonds. The van der Waals surface area contributed by atoms with Gasteiger partial charge in [0.05, 0.1) is 12.1 Å². The summed E-state index contributed by atoms with van der Waals surface area (Å²) in [6.07, 6.45) is 0.899. The van der Waals surface area contributed by atoms with Crippen LogP contribution in [0.25, 0.3) is 0 Å². The van der Waals surface area contributed by atoms with Gasteiger partial charge in [0.15, 0.2) is 11.5 Å². The molecule has 1 unspecified atom stereocenters. The summed E-state index contributed by atoms with van der Waals surface area (Å²) >= 11 is 5.79. The second-order valence-corrected chi connectivity index (χ2v) is 3.85. The van der Waals surface area contributed by atoms with Gasteiger partial charge in [0.1, 0.15) is 6.29 Å². The van der Waals surface area contributed by atoms with E-state index in [1.807, 2.05) is 0 Å². The molecular weight excluding hydrogens is 235 g/mol. The summed E-state index contributed by atoms with van der Waals surface area (Å²) in [6.45, 7) is 1.70. The van der Waals surface area contributed by atoms with Crippen molar-refractivity contribution in [2.24, 2.45) is 0 Å². The Hall–Kier alpha value is -1.29. The van der Waals surface area contributed by atoms with Crippen molar-refractivity contribution in [2.75, 3.05) is 7.11 Å². The fourth-order valence-electron chi connectivity index (χ4n) is 1.44. The third kappa shape index (κ3) is 2.27. The summed E-state index contributed by atoms with van der Waals surface area (Å²) in [5.74, 6) is -1.91. The smallest absolute Gasteiger partial charge is 0.208 e. The maximum atomic E-state index is 13.6. The first-order valence-corrected chi connectivity index (χ1v) is 5.09. The predicted octanol–water partition coefficient (Wildman–Crippen LogP) is 2.89. The first kappa shape index (κ1) is 12.8. The molecule has 1 rings (SSSR count). The lowest BCUT2D eigenvalue weighted by molar-refractivity contribution is -0.108. The van der Waals surface area contributed by atoms with Gasteiger partial charge >= 0.3 is 0 Å². The van der Waals surface area contributed by atoms with Crippen LogP contribution in [-0.4, -0.2) is 18.5 Å². The minimum absolute atomic E-state index is 0.0746. The molecule has 0 aliphatic heterocycles. The standard InChI is InChI=1S/C11H12ClFO3/c1-6(3-4-14)7-5-8(12)11(16-2)9(13)10(7)15/h4-6,15H,3H2,1-2H3. The second kappa shape index (κ2) is 5.16. The molecule has 16 heavy (non-hydrogen) atoms. The molecule has 0 saturated carbocycles. The minimum Gasteiger partial charge on any atom is -0.505 e. The molecule has 3 nitrogen and oxygen atoms in total. The van der Waals surface area contributed by atoms with Crippen LogP contribution in [0.5, 0.6) is 11.5 Å². The van der Waals surface area contributed by atoms with E-state index < -0.39 is 11.6 Å². The molecule has 0 heterocycles. The van der Waals surface area contributed by atoms with E-state index in [1.165, 1.54) is 13.2 Å². The lowest BCUT2D eigenvalue weighted by Gasteiger charge is -2.14. The summed E-state index contributed by atoms with van der Waals surface area (Å²) in [6, 6.07) is 1.41. The van der Waals surface area contributed by atoms with Gasteiger partial charge in [0.25, 0.3) is 0 Å². The lowest BCUT2D eigenvalue weighted by Crippen LogP contribution is -1.99. The Kier molecular flexibility index (Phi) is 4.12. The number of ether oxygens (including phenoxy) is 1. The summed E-state index contributed by atoms with van der Waals surface area (Å²) in [4.78, 5) is 10.4. The van der Waals surface area contributed by atoms with Crippen molar-refractivity contribution in [3.8, 4) is 11.5 Å². The number of aldehydes is 1. The largest absolute Gasteiger partial charge is 0.505 e. The van der Waals surface area contributed by atoms with Crippen molar-refractivity contribution in [2.45, 2.75) is 19.3 Å². The number of benzene rings is 1. The average molecular weight is 247 g/mol. The number of methoxy groups -OCH3 is 1. The number of hydrogen-bond acceptors (Lipinski definition) is 3. The van der Waals surface area contributed by atoms with Crippen molar-refractivity contribution >= 4 is 17.9 Å². The number of halogens is 2. The highest BCUT2D eigenvalue weighted by atomic mass is 35.5. The molecule has 1 aromatic rings. The molecule has 0 aliphatic carbocycles. The van der Waals surface area contributed by atoms with Crippen LogP contribution in [0, 0.1) is 5.82 Å². The molecule has 0 spiro atoms.